The van der Waals surface area contributed by atoms with Crippen LogP contribution in [0, 0.1) is 5.82 Å². The highest BCUT2D eigenvalue weighted by Gasteiger charge is 2.38. The van der Waals surface area contributed by atoms with Crippen LogP contribution in [0.25, 0.3) is 16.8 Å². The lowest BCUT2D eigenvalue weighted by Gasteiger charge is -2.36. The molecule has 2 aliphatic rings. The van der Waals surface area contributed by atoms with Gasteiger partial charge in [0.2, 0.25) is 0 Å². The van der Waals surface area contributed by atoms with Crippen molar-refractivity contribution in [2.45, 2.75) is 51.1 Å². The summed E-state index contributed by atoms with van der Waals surface area (Å²) in [5, 5.41) is 9.32. The first-order valence-corrected chi connectivity index (χ1v) is 14.7. The number of aliphatic hydroxyl groups excluding tert-OH is 1. The molecule has 2 heterocycles. The van der Waals surface area contributed by atoms with Gasteiger partial charge in [-0.2, -0.15) is 0 Å². The van der Waals surface area contributed by atoms with Crippen LogP contribution in [0.5, 0.6) is 0 Å². The third-order valence-electron chi connectivity index (χ3n) is 6.94. The summed E-state index contributed by atoms with van der Waals surface area (Å²) in [4.78, 5) is 19.1. The highest BCUT2D eigenvalue weighted by Crippen LogP contribution is 2.37. The molecular formula is C26H33FN2O5Si. The number of nitrogens with one attached hydrogen (secondary N) is 1. The monoisotopic (exact) mass is 500 g/mol. The Morgan fingerprint density at radius 1 is 1.17 bits per heavy atom. The standard InChI is InChI=1S/C26H33FN2O5Si/c1-26(2,3)35(4,5)32-16-20-13-24(28-34-20)18-8-11-22(23(27)12-18)17-6-9-19(10-7-17)29-14-21(15-30)33-25(29)31/h6-13,20-21,28,30H,14-16H2,1-5H3/t20?,21-/m1/s1. The molecule has 0 radical (unpaired) electrons. The van der Waals surface area contributed by atoms with E-state index in [2.05, 4.69) is 39.3 Å². The second-order valence-corrected chi connectivity index (χ2v) is 15.3. The Morgan fingerprint density at radius 2 is 1.86 bits per heavy atom. The number of halogens is 1. The topological polar surface area (TPSA) is 80.3 Å². The number of hydrogen-bond acceptors (Lipinski definition) is 6. The van der Waals surface area contributed by atoms with Crippen molar-refractivity contribution in [2.75, 3.05) is 24.7 Å². The van der Waals surface area contributed by atoms with Crippen molar-refractivity contribution < 1.29 is 28.3 Å². The summed E-state index contributed by atoms with van der Waals surface area (Å²) in [5.74, 6) is -0.361. The molecule has 0 aromatic heterocycles. The SMILES string of the molecule is CC(C)(C)[Si](C)(C)OCC1C=C(c2ccc(-c3ccc(N4C[C@H](CO)OC4=O)cc3)c(F)c2)NO1. The quantitative estimate of drug-likeness (QED) is 0.517. The largest absolute Gasteiger partial charge is 0.441 e. The van der Waals surface area contributed by atoms with E-state index in [0.29, 0.717) is 34.7 Å². The van der Waals surface area contributed by atoms with Gasteiger partial charge < -0.3 is 14.3 Å². The van der Waals surface area contributed by atoms with E-state index in [1.807, 2.05) is 12.1 Å². The highest BCUT2D eigenvalue weighted by atomic mass is 28.4. The lowest BCUT2D eigenvalue weighted by atomic mass is 10.0. The summed E-state index contributed by atoms with van der Waals surface area (Å²) in [5.41, 5.74) is 6.07. The van der Waals surface area contributed by atoms with Gasteiger partial charge in [0.05, 0.1) is 25.5 Å². The van der Waals surface area contributed by atoms with Crippen molar-refractivity contribution in [3.63, 3.8) is 0 Å². The number of amides is 1. The fourth-order valence-electron chi connectivity index (χ4n) is 3.70. The molecule has 35 heavy (non-hydrogen) atoms. The van der Waals surface area contributed by atoms with Crippen molar-refractivity contribution >= 4 is 25.8 Å². The Hall–Kier alpha value is -2.72. The number of nitrogens with zero attached hydrogens (tertiary/aromatic N) is 1. The first kappa shape index (κ1) is 25.4. The number of carbonyl (C=O) groups excluding carboxylic acids is 1. The van der Waals surface area contributed by atoms with E-state index in [0.717, 1.165) is 0 Å². The first-order valence-electron chi connectivity index (χ1n) is 11.8. The number of cyclic esters (lactones) is 1. The van der Waals surface area contributed by atoms with Crippen molar-refractivity contribution in [3.05, 3.63) is 59.9 Å². The van der Waals surface area contributed by atoms with E-state index < -0.39 is 20.5 Å². The average Bonchev–Trinajstić information content (AvgIpc) is 3.44. The zero-order chi connectivity index (χ0) is 25.4. The van der Waals surface area contributed by atoms with Gasteiger partial charge in [-0.05, 0) is 48.0 Å². The maximum Gasteiger partial charge on any atom is 0.414 e. The Morgan fingerprint density at radius 3 is 2.46 bits per heavy atom. The van der Waals surface area contributed by atoms with E-state index in [1.165, 1.54) is 11.0 Å². The minimum atomic E-state index is -1.89. The van der Waals surface area contributed by atoms with Gasteiger partial charge in [-0.3, -0.25) is 15.2 Å². The summed E-state index contributed by atoms with van der Waals surface area (Å²) in [6.45, 7) is 11.5. The lowest BCUT2D eigenvalue weighted by molar-refractivity contribution is 0.0203. The first-order chi connectivity index (χ1) is 16.5. The molecule has 7 nitrogen and oxygen atoms in total. The Bertz CT molecular complexity index is 1110. The summed E-state index contributed by atoms with van der Waals surface area (Å²) in [7, 11) is -1.89. The number of hydroxylamine groups is 1. The van der Waals surface area contributed by atoms with Gasteiger partial charge >= 0.3 is 6.09 Å². The van der Waals surface area contributed by atoms with Crippen LogP contribution in [0.2, 0.25) is 18.1 Å². The van der Waals surface area contributed by atoms with Crippen LogP contribution in [0.15, 0.2) is 48.5 Å². The van der Waals surface area contributed by atoms with E-state index in [4.69, 9.17) is 14.0 Å². The molecule has 1 amide bonds. The molecular weight excluding hydrogens is 467 g/mol. The number of aliphatic hydroxyl groups is 1. The van der Waals surface area contributed by atoms with Gasteiger partial charge in [-0.1, -0.05) is 45.0 Å². The van der Waals surface area contributed by atoms with Crippen molar-refractivity contribution in [2.24, 2.45) is 0 Å². The third kappa shape index (κ3) is 5.43. The minimum Gasteiger partial charge on any atom is -0.441 e. The van der Waals surface area contributed by atoms with E-state index in [-0.39, 0.29) is 30.1 Å². The van der Waals surface area contributed by atoms with Crippen LogP contribution in [-0.2, 0) is 14.0 Å². The van der Waals surface area contributed by atoms with Crippen LogP contribution in [0.1, 0.15) is 26.3 Å². The van der Waals surface area contributed by atoms with Gasteiger partial charge in [-0.25, -0.2) is 9.18 Å². The summed E-state index contributed by atoms with van der Waals surface area (Å²) >= 11 is 0. The van der Waals surface area contributed by atoms with Crippen molar-refractivity contribution in [3.8, 4) is 11.1 Å². The number of rotatable bonds is 7. The van der Waals surface area contributed by atoms with E-state index in [9.17, 15) is 9.90 Å². The Balaban J connectivity index is 1.44. The second kappa shape index (κ2) is 9.73. The Labute approximate surface area is 206 Å². The van der Waals surface area contributed by atoms with E-state index in [1.54, 1.807) is 30.3 Å². The van der Waals surface area contributed by atoms with Crippen molar-refractivity contribution in [1.82, 2.24) is 5.48 Å². The number of carbonyl (C=O) groups is 1. The predicted molar refractivity (Wildman–Crippen MR) is 136 cm³/mol. The molecule has 1 saturated heterocycles. The fraction of sp³-hybridized carbons (Fsp3) is 0.423. The molecule has 2 N–H and O–H groups in total. The second-order valence-electron chi connectivity index (χ2n) is 10.5. The van der Waals surface area contributed by atoms with Gasteiger partial charge in [0, 0.05) is 16.8 Å². The number of hydrogen-bond donors (Lipinski definition) is 2. The normalized spacial score (nSPS) is 20.6. The summed E-state index contributed by atoms with van der Waals surface area (Å²) < 4.78 is 26.4. The van der Waals surface area contributed by atoms with Crippen LogP contribution in [0.3, 0.4) is 0 Å². The maximum absolute atomic E-state index is 15.1. The molecule has 9 heteroatoms. The number of benzene rings is 2. The molecule has 2 aliphatic heterocycles. The maximum atomic E-state index is 15.1. The Kier molecular flexibility index (Phi) is 7.06. The van der Waals surface area contributed by atoms with Gasteiger partial charge in [-0.15, -0.1) is 0 Å². The van der Waals surface area contributed by atoms with Crippen LogP contribution >= 0.6 is 0 Å². The predicted octanol–water partition coefficient (Wildman–Crippen LogP) is 5.08. The molecule has 0 spiro atoms. The molecule has 4 rings (SSSR count). The van der Waals surface area contributed by atoms with Crippen molar-refractivity contribution in [1.29, 1.82) is 0 Å². The molecule has 188 valence electrons. The van der Waals surface area contributed by atoms with Crippen LogP contribution < -0.4 is 10.4 Å². The number of ether oxygens (including phenoxy) is 1. The zero-order valence-corrected chi connectivity index (χ0v) is 21.8. The third-order valence-corrected chi connectivity index (χ3v) is 11.4. The van der Waals surface area contributed by atoms with Crippen LogP contribution in [0.4, 0.5) is 14.9 Å². The molecule has 1 fully saturated rings. The molecule has 2 atom stereocenters. The average molecular weight is 501 g/mol. The smallest absolute Gasteiger partial charge is 0.414 e. The molecule has 0 saturated carbocycles. The summed E-state index contributed by atoms with van der Waals surface area (Å²) in [6.07, 6.45) is 0.649. The molecule has 2 aromatic carbocycles. The molecule has 0 aliphatic carbocycles. The molecule has 0 bridgehead atoms. The molecule has 1 unspecified atom stereocenters. The van der Waals surface area contributed by atoms with Gasteiger partial charge in [0.25, 0.3) is 0 Å². The lowest BCUT2D eigenvalue weighted by Crippen LogP contribution is -2.42. The molecule has 2 aromatic rings. The number of anilines is 1. The fourth-order valence-corrected chi connectivity index (χ4v) is 4.72. The van der Waals surface area contributed by atoms with Gasteiger partial charge in [0.15, 0.2) is 8.32 Å². The van der Waals surface area contributed by atoms with Crippen LogP contribution in [-0.4, -0.2) is 51.5 Å². The van der Waals surface area contributed by atoms with Gasteiger partial charge in [0.1, 0.15) is 18.0 Å². The minimum absolute atomic E-state index is 0.113. The van der Waals surface area contributed by atoms with E-state index >= 15 is 4.39 Å². The summed E-state index contributed by atoms with van der Waals surface area (Å²) in [6, 6.07) is 12.1. The highest BCUT2D eigenvalue weighted by molar-refractivity contribution is 6.74. The zero-order valence-electron chi connectivity index (χ0n) is 20.8.